The highest BCUT2D eigenvalue weighted by molar-refractivity contribution is 7.17. The zero-order valence-electron chi connectivity index (χ0n) is 20.4. The Kier molecular flexibility index (Phi) is 7.26. The molecule has 0 bridgehead atoms. The van der Waals surface area contributed by atoms with Crippen LogP contribution in [0, 0.1) is 0 Å². The Balaban J connectivity index is 1.40. The first kappa shape index (κ1) is 24.4. The minimum absolute atomic E-state index is 0.237. The predicted octanol–water partition coefficient (Wildman–Crippen LogP) is 4.54. The van der Waals surface area contributed by atoms with E-state index >= 15 is 0 Å². The molecular weight excluding hydrogens is 478 g/mol. The summed E-state index contributed by atoms with van der Waals surface area (Å²) in [4.78, 5) is 38.9. The first-order valence-electron chi connectivity index (χ1n) is 12.1. The zero-order valence-corrected chi connectivity index (χ0v) is 21.2. The minimum atomic E-state index is -0.490. The molecule has 2 amide bonds. The fraction of sp³-hybridized carbons (Fsp3) is 0.385. The van der Waals surface area contributed by atoms with Crippen molar-refractivity contribution in [2.24, 2.45) is 0 Å². The average molecular weight is 508 g/mol. The smallest absolute Gasteiger partial charge is 0.352 e. The Morgan fingerprint density at radius 3 is 2.86 bits per heavy atom. The number of ether oxygens (including phenoxy) is 2. The van der Waals surface area contributed by atoms with Gasteiger partial charge in [-0.1, -0.05) is 12.1 Å². The number of rotatable bonds is 8. The standard InChI is InChI=1S/C26H29N5O4S/c1-3-35-25(32)22-23(29-24(36-22)18-8-10-27-11-9-18)31-15-19-7-6-17(13-21(19)28-26(31)33)14-30-12-4-5-20(30)16-34-2/h6-11,13,20H,3-5,12,14-16H2,1-2H3,(H,28,33)/t20-/m1/s1. The van der Waals surface area contributed by atoms with Crippen LogP contribution in [0.5, 0.6) is 0 Å². The second kappa shape index (κ2) is 10.7. The lowest BCUT2D eigenvalue weighted by atomic mass is 10.1. The number of pyridine rings is 1. The zero-order chi connectivity index (χ0) is 25.1. The van der Waals surface area contributed by atoms with Crippen molar-refractivity contribution in [3.63, 3.8) is 0 Å². The third-order valence-electron chi connectivity index (χ3n) is 6.49. The lowest BCUT2D eigenvalue weighted by Crippen LogP contribution is -2.39. The van der Waals surface area contributed by atoms with Crippen LogP contribution < -0.4 is 10.2 Å². The number of anilines is 2. The van der Waals surface area contributed by atoms with Gasteiger partial charge < -0.3 is 14.8 Å². The second-order valence-corrected chi connectivity index (χ2v) is 9.86. The summed E-state index contributed by atoms with van der Waals surface area (Å²) in [5.41, 5.74) is 3.72. The third-order valence-corrected chi connectivity index (χ3v) is 7.56. The Labute approximate surface area is 214 Å². The fourth-order valence-electron chi connectivity index (χ4n) is 4.73. The van der Waals surface area contributed by atoms with Crippen molar-refractivity contribution in [2.45, 2.75) is 38.9 Å². The van der Waals surface area contributed by atoms with E-state index in [0.29, 0.717) is 28.3 Å². The number of benzene rings is 1. The van der Waals surface area contributed by atoms with Crippen molar-refractivity contribution in [3.8, 4) is 10.6 Å². The number of methoxy groups -OCH3 is 1. The summed E-state index contributed by atoms with van der Waals surface area (Å²) in [6.45, 7) is 4.89. The monoisotopic (exact) mass is 507 g/mol. The summed E-state index contributed by atoms with van der Waals surface area (Å²) in [5.74, 6) is -0.188. The van der Waals surface area contributed by atoms with Crippen LogP contribution in [0.3, 0.4) is 0 Å². The van der Waals surface area contributed by atoms with E-state index in [4.69, 9.17) is 9.47 Å². The molecule has 1 atom stereocenters. The van der Waals surface area contributed by atoms with Crippen molar-refractivity contribution in [2.75, 3.05) is 37.1 Å². The number of hydrogen-bond donors (Lipinski definition) is 1. The molecule has 1 aromatic carbocycles. The van der Waals surface area contributed by atoms with E-state index in [0.717, 1.165) is 48.5 Å². The molecule has 0 unspecified atom stereocenters. The molecule has 0 radical (unpaired) electrons. The fourth-order valence-corrected chi connectivity index (χ4v) is 5.70. The van der Waals surface area contributed by atoms with E-state index in [2.05, 4.69) is 26.3 Å². The predicted molar refractivity (Wildman–Crippen MR) is 138 cm³/mol. The van der Waals surface area contributed by atoms with E-state index in [1.165, 1.54) is 22.7 Å². The van der Waals surface area contributed by atoms with Crippen LogP contribution in [0.25, 0.3) is 10.6 Å². The Morgan fingerprint density at radius 1 is 1.25 bits per heavy atom. The number of amides is 2. The summed E-state index contributed by atoms with van der Waals surface area (Å²) < 4.78 is 10.6. The van der Waals surface area contributed by atoms with Gasteiger partial charge >= 0.3 is 12.0 Å². The van der Waals surface area contributed by atoms with Gasteiger partial charge in [-0.3, -0.25) is 14.8 Å². The van der Waals surface area contributed by atoms with Gasteiger partial charge in [0.05, 0.1) is 19.8 Å². The van der Waals surface area contributed by atoms with Crippen LogP contribution >= 0.6 is 11.3 Å². The minimum Gasteiger partial charge on any atom is -0.462 e. The molecule has 2 aromatic heterocycles. The maximum absolute atomic E-state index is 13.2. The summed E-state index contributed by atoms with van der Waals surface area (Å²) in [6, 6.07) is 9.93. The third kappa shape index (κ3) is 4.97. The molecule has 1 N–H and O–H groups in total. The lowest BCUT2D eigenvalue weighted by molar-refractivity contribution is 0.0532. The Morgan fingerprint density at radius 2 is 2.08 bits per heavy atom. The maximum atomic E-state index is 13.2. The molecule has 0 saturated carbocycles. The van der Waals surface area contributed by atoms with Crippen molar-refractivity contribution in [1.29, 1.82) is 0 Å². The summed E-state index contributed by atoms with van der Waals surface area (Å²) >= 11 is 1.21. The molecule has 1 fully saturated rings. The molecule has 188 valence electrons. The number of esters is 1. The number of thiazole rings is 1. The molecule has 1 saturated heterocycles. The normalized spacial score (nSPS) is 17.7. The topological polar surface area (TPSA) is 96.9 Å². The average Bonchev–Trinajstić information content (AvgIpc) is 3.52. The highest BCUT2D eigenvalue weighted by atomic mass is 32.1. The lowest BCUT2D eigenvalue weighted by Gasteiger charge is -2.29. The summed E-state index contributed by atoms with van der Waals surface area (Å²) in [6.07, 6.45) is 5.65. The summed E-state index contributed by atoms with van der Waals surface area (Å²) in [5, 5.41) is 3.63. The first-order chi connectivity index (χ1) is 17.6. The van der Waals surface area contributed by atoms with Gasteiger partial charge in [-0.05, 0) is 55.6 Å². The molecule has 10 heteroatoms. The van der Waals surface area contributed by atoms with Gasteiger partial charge in [-0.25, -0.2) is 14.6 Å². The molecule has 2 aliphatic rings. The SMILES string of the molecule is CCOC(=O)c1sc(-c2ccncc2)nc1N1Cc2ccc(CN3CCC[C@@H]3COC)cc2NC1=O. The van der Waals surface area contributed by atoms with E-state index < -0.39 is 5.97 Å². The van der Waals surface area contributed by atoms with Crippen LogP contribution in [-0.2, 0) is 22.6 Å². The molecular formula is C26H29N5O4S. The van der Waals surface area contributed by atoms with Gasteiger partial charge in [0.15, 0.2) is 10.7 Å². The number of likely N-dealkylation sites (tertiary alicyclic amines) is 1. The van der Waals surface area contributed by atoms with Crippen molar-refractivity contribution in [3.05, 3.63) is 58.7 Å². The number of nitrogens with zero attached hydrogens (tertiary/aromatic N) is 4. The van der Waals surface area contributed by atoms with Gasteiger partial charge in [0, 0.05) is 43.3 Å². The van der Waals surface area contributed by atoms with Gasteiger partial charge in [0.1, 0.15) is 5.01 Å². The van der Waals surface area contributed by atoms with Crippen molar-refractivity contribution in [1.82, 2.24) is 14.9 Å². The van der Waals surface area contributed by atoms with Gasteiger partial charge in [0.25, 0.3) is 0 Å². The first-order valence-corrected chi connectivity index (χ1v) is 12.9. The van der Waals surface area contributed by atoms with E-state index in [9.17, 15) is 9.59 Å². The Bertz CT molecular complexity index is 1250. The molecule has 0 spiro atoms. The van der Waals surface area contributed by atoms with Crippen LogP contribution in [0.2, 0.25) is 0 Å². The number of nitrogens with one attached hydrogen (secondary N) is 1. The maximum Gasteiger partial charge on any atom is 0.352 e. The highest BCUT2D eigenvalue weighted by Gasteiger charge is 2.32. The number of carbonyl (C=O) groups excluding carboxylic acids is 2. The van der Waals surface area contributed by atoms with Gasteiger partial charge in [-0.15, -0.1) is 11.3 Å². The molecule has 0 aliphatic carbocycles. The molecule has 4 heterocycles. The van der Waals surface area contributed by atoms with Gasteiger partial charge in [-0.2, -0.15) is 0 Å². The van der Waals surface area contributed by atoms with Crippen LogP contribution in [0.15, 0.2) is 42.7 Å². The number of fused-ring (bicyclic) bond motifs is 1. The Hall–Kier alpha value is -3.34. The number of carbonyl (C=O) groups is 2. The number of aromatic nitrogens is 2. The second-order valence-electron chi connectivity index (χ2n) is 8.86. The van der Waals surface area contributed by atoms with Crippen LogP contribution in [0.1, 0.15) is 40.6 Å². The van der Waals surface area contributed by atoms with E-state index in [-0.39, 0.29) is 12.6 Å². The van der Waals surface area contributed by atoms with Crippen molar-refractivity contribution >= 4 is 34.8 Å². The summed E-state index contributed by atoms with van der Waals surface area (Å²) in [7, 11) is 1.74. The molecule has 2 aliphatic heterocycles. The quantitative estimate of drug-likeness (QED) is 0.447. The molecule has 9 nitrogen and oxygen atoms in total. The van der Waals surface area contributed by atoms with E-state index in [1.807, 2.05) is 24.3 Å². The highest BCUT2D eigenvalue weighted by Crippen LogP contribution is 2.37. The molecule has 36 heavy (non-hydrogen) atoms. The van der Waals surface area contributed by atoms with Gasteiger partial charge in [0.2, 0.25) is 0 Å². The number of urea groups is 1. The van der Waals surface area contributed by atoms with E-state index in [1.54, 1.807) is 26.4 Å². The number of hydrogen-bond acceptors (Lipinski definition) is 8. The van der Waals surface area contributed by atoms with Crippen molar-refractivity contribution < 1.29 is 19.1 Å². The van der Waals surface area contributed by atoms with Crippen LogP contribution in [-0.4, -0.2) is 59.8 Å². The molecule has 5 rings (SSSR count). The molecule has 3 aromatic rings. The largest absolute Gasteiger partial charge is 0.462 e. The van der Waals surface area contributed by atoms with Crippen LogP contribution in [0.4, 0.5) is 16.3 Å².